The lowest BCUT2D eigenvalue weighted by molar-refractivity contribution is -0.121. The van der Waals surface area contributed by atoms with Crippen LogP contribution in [-0.2, 0) is 19.6 Å². The fourth-order valence-corrected chi connectivity index (χ4v) is 5.67. The first-order chi connectivity index (χ1) is 15.3. The lowest BCUT2D eigenvalue weighted by atomic mass is 9.99. The van der Waals surface area contributed by atoms with Crippen molar-refractivity contribution >= 4 is 33.2 Å². The van der Waals surface area contributed by atoms with Crippen LogP contribution in [0, 0.1) is 12.8 Å². The molecule has 1 unspecified atom stereocenters. The van der Waals surface area contributed by atoms with Gasteiger partial charge in [-0.2, -0.15) is 4.31 Å². The molecule has 0 spiro atoms. The molecular weight excluding hydrogens is 434 g/mol. The maximum Gasteiger partial charge on any atom is 0.262 e. The van der Waals surface area contributed by atoms with Crippen molar-refractivity contribution in [1.82, 2.24) is 4.31 Å². The fraction of sp³-hybridized carbons (Fsp3) is 0.364. The van der Waals surface area contributed by atoms with Crippen LogP contribution in [0.25, 0.3) is 0 Å². The van der Waals surface area contributed by atoms with E-state index >= 15 is 0 Å². The maximum absolute atomic E-state index is 13.4. The molecule has 1 fully saturated rings. The Bertz CT molecular complexity index is 1150. The smallest absolute Gasteiger partial charge is 0.262 e. The average Bonchev–Trinajstić information content (AvgIpc) is 2.79. The number of fused-ring (bicyclic) bond motifs is 1. The summed E-state index contributed by atoms with van der Waals surface area (Å²) in [5.41, 5.74) is 1.58. The first kappa shape index (κ1) is 22.1. The van der Waals surface area contributed by atoms with Crippen molar-refractivity contribution in [2.75, 3.05) is 37.4 Å². The molecule has 10 heteroatoms. The van der Waals surface area contributed by atoms with E-state index in [1.165, 1.54) is 10.4 Å². The maximum atomic E-state index is 13.4. The highest BCUT2D eigenvalue weighted by Crippen LogP contribution is 2.35. The van der Waals surface area contributed by atoms with Gasteiger partial charge in [-0.25, -0.2) is 8.42 Å². The summed E-state index contributed by atoms with van der Waals surface area (Å²) >= 11 is 0. The van der Waals surface area contributed by atoms with Gasteiger partial charge < -0.3 is 20.1 Å². The third kappa shape index (κ3) is 4.42. The molecule has 0 bridgehead atoms. The molecule has 2 aliphatic rings. The molecular formula is C22H25N3O6S. The van der Waals surface area contributed by atoms with E-state index in [-0.39, 0.29) is 29.9 Å². The molecule has 2 aliphatic heterocycles. The van der Waals surface area contributed by atoms with Gasteiger partial charge in [0.2, 0.25) is 15.9 Å². The predicted molar refractivity (Wildman–Crippen MR) is 118 cm³/mol. The number of carbonyl (C=O) groups excluding carboxylic acids is 2. The summed E-state index contributed by atoms with van der Waals surface area (Å²) < 4.78 is 38.6. The number of ether oxygens (including phenoxy) is 2. The fourth-order valence-electron chi connectivity index (χ4n) is 3.93. The van der Waals surface area contributed by atoms with E-state index in [1.54, 1.807) is 44.4 Å². The van der Waals surface area contributed by atoms with Crippen molar-refractivity contribution in [1.29, 1.82) is 0 Å². The largest absolute Gasteiger partial charge is 0.497 e. The van der Waals surface area contributed by atoms with Gasteiger partial charge in [-0.05, 0) is 55.7 Å². The number of sulfonamides is 1. The Morgan fingerprint density at radius 3 is 2.72 bits per heavy atom. The molecule has 32 heavy (non-hydrogen) atoms. The Morgan fingerprint density at radius 1 is 1.25 bits per heavy atom. The van der Waals surface area contributed by atoms with Crippen LogP contribution in [0.4, 0.5) is 11.4 Å². The second-order valence-corrected chi connectivity index (χ2v) is 9.78. The number of hydrogen-bond acceptors (Lipinski definition) is 6. The molecule has 1 atom stereocenters. The van der Waals surface area contributed by atoms with Crippen molar-refractivity contribution < 1.29 is 27.5 Å². The summed E-state index contributed by atoms with van der Waals surface area (Å²) in [6, 6.07) is 10.0. The average molecular weight is 460 g/mol. The first-order valence-corrected chi connectivity index (χ1v) is 11.7. The highest BCUT2D eigenvalue weighted by molar-refractivity contribution is 7.89. The van der Waals surface area contributed by atoms with Crippen molar-refractivity contribution in [3.8, 4) is 11.5 Å². The van der Waals surface area contributed by atoms with Crippen LogP contribution in [0.2, 0.25) is 0 Å². The molecule has 2 N–H and O–H groups in total. The van der Waals surface area contributed by atoms with Crippen LogP contribution in [0.15, 0.2) is 41.3 Å². The van der Waals surface area contributed by atoms with Crippen LogP contribution >= 0.6 is 0 Å². The number of anilines is 2. The lowest BCUT2D eigenvalue weighted by Gasteiger charge is -2.32. The Labute approximate surface area is 186 Å². The van der Waals surface area contributed by atoms with Gasteiger partial charge >= 0.3 is 0 Å². The lowest BCUT2D eigenvalue weighted by Crippen LogP contribution is -2.43. The van der Waals surface area contributed by atoms with Crippen LogP contribution in [0.1, 0.15) is 18.4 Å². The summed E-state index contributed by atoms with van der Waals surface area (Å²) in [5, 5.41) is 5.53. The van der Waals surface area contributed by atoms with Crippen LogP contribution in [0.3, 0.4) is 0 Å². The van der Waals surface area contributed by atoms with E-state index in [4.69, 9.17) is 9.47 Å². The molecule has 2 aromatic rings. The summed E-state index contributed by atoms with van der Waals surface area (Å²) in [4.78, 5) is 24.4. The van der Waals surface area contributed by atoms with Gasteiger partial charge in [0.25, 0.3) is 5.91 Å². The zero-order valence-corrected chi connectivity index (χ0v) is 18.7. The zero-order chi connectivity index (χ0) is 22.9. The molecule has 0 aliphatic carbocycles. The van der Waals surface area contributed by atoms with E-state index in [0.717, 1.165) is 0 Å². The van der Waals surface area contributed by atoms with Crippen molar-refractivity contribution in [2.24, 2.45) is 5.92 Å². The molecule has 2 heterocycles. The van der Waals surface area contributed by atoms with Gasteiger partial charge in [-0.1, -0.05) is 0 Å². The van der Waals surface area contributed by atoms with Crippen LogP contribution in [0.5, 0.6) is 11.5 Å². The number of hydrogen-bond donors (Lipinski definition) is 2. The first-order valence-electron chi connectivity index (χ1n) is 10.3. The number of aryl methyl sites for hydroxylation is 1. The highest BCUT2D eigenvalue weighted by Gasteiger charge is 2.35. The van der Waals surface area contributed by atoms with Crippen LogP contribution < -0.4 is 20.1 Å². The number of nitrogens with one attached hydrogen (secondary N) is 2. The Balaban J connectivity index is 1.51. The van der Waals surface area contributed by atoms with E-state index in [2.05, 4.69) is 10.6 Å². The Morgan fingerprint density at radius 2 is 2.00 bits per heavy atom. The van der Waals surface area contributed by atoms with Gasteiger partial charge in [0, 0.05) is 24.8 Å². The second-order valence-electron chi connectivity index (χ2n) is 7.87. The van der Waals surface area contributed by atoms with Crippen molar-refractivity contribution in [3.63, 3.8) is 0 Å². The minimum atomic E-state index is -3.84. The molecule has 170 valence electrons. The van der Waals surface area contributed by atoms with Gasteiger partial charge in [0.05, 0.1) is 23.6 Å². The summed E-state index contributed by atoms with van der Waals surface area (Å²) in [7, 11) is -2.28. The van der Waals surface area contributed by atoms with E-state index in [0.29, 0.717) is 47.8 Å². The zero-order valence-electron chi connectivity index (χ0n) is 17.9. The highest BCUT2D eigenvalue weighted by atomic mass is 32.2. The van der Waals surface area contributed by atoms with E-state index in [9.17, 15) is 18.0 Å². The topological polar surface area (TPSA) is 114 Å². The predicted octanol–water partition coefficient (Wildman–Crippen LogP) is 2.37. The van der Waals surface area contributed by atoms with Gasteiger partial charge in [-0.15, -0.1) is 0 Å². The quantitative estimate of drug-likeness (QED) is 0.710. The molecule has 1 saturated heterocycles. The number of rotatable bonds is 5. The molecule has 9 nitrogen and oxygen atoms in total. The number of nitrogens with zero attached hydrogens (tertiary/aromatic N) is 1. The minimum absolute atomic E-state index is 0.0957. The number of benzene rings is 2. The molecule has 0 saturated carbocycles. The Hall–Kier alpha value is -3.11. The molecule has 0 radical (unpaired) electrons. The van der Waals surface area contributed by atoms with Crippen molar-refractivity contribution in [2.45, 2.75) is 24.7 Å². The standard InChI is InChI=1S/C22H25N3O6S/c1-14-10-18-19(31-13-21(26)24-18)11-20(14)32(28,29)25-9-3-4-15(12-25)22(27)23-16-5-7-17(30-2)8-6-16/h5-8,10-11,15H,3-4,9,12-13H2,1-2H3,(H,23,27)(H,24,26). The van der Waals surface area contributed by atoms with Crippen molar-refractivity contribution in [3.05, 3.63) is 42.0 Å². The SMILES string of the molecule is COc1ccc(NC(=O)C2CCCN(S(=O)(=O)c3cc4c(cc3C)NC(=O)CO4)C2)cc1. The summed E-state index contributed by atoms with van der Waals surface area (Å²) in [5.74, 6) is 0.0353. The number of carbonyl (C=O) groups is 2. The van der Waals surface area contributed by atoms with E-state index < -0.39 is 15.9 Å². The Kier molecular flexibility index (Phi) is 6.07. The van der Waals surface area contributed by atoms with Gasteiger partial charge in [0.1, 0.15) is 11.5 Å². The summed E-state index contributed by atoms with van der Waals surface area (Å²) in [6.07, 6.45) is 1.18. The number of piperidine rings is 1. The van der Waals surface area contributed by atoms with Gasteiger partial charge in [0.15, 0.2) is 6.61 Å². The van der Waals surface area contributed by atoms with Crippen LogP contribution in [-0.4, -0.2) is 51.3 Å². The van der Waals surface area contributed by atoms with E-state index in [1.807, 2.05) is 0 Å². The minimum Gasteiger partial charge on any atom is -0.497 e. The molecule has 4 rings (SSSR count). The molecule has 2 amide bonds. The number of methoxy groups -OCH3 is 1. The summed E-state index contributed by atoms with van der Waals surface area (Å²) in [6.45, 7) is 1.94. The monoisotopic (exact) mass is 459 g/mol. The number of amides is 2. The normalized spacial score (nSPS) is 18.8. The third-order valence-electron chi connectivity index (χ3n) is 5.64. The second kappa shape index (κ2) is 8.79. The van der Waals surface area contributed by atoms with Gasteiger partial charge in [-0.3, -0.25) is 9.59 Å². The third-order valence-corrected chi connectivity index (χ3v) is 7.65. The molecule has 0 aromatic heterocycles. The molecule has 2 aromatic carbocycles.